The molecule has 1 aliphatic rings. The standard InChI is InChI=1S/C11H12BrNO4S/c1-17-7-3-8(11(15)16)13(4-7)10(14)6-2-9(12)18-5-6/h2,5,7-8H,3-4H2,1H3,(H,15,16). The monoisotopic (exact) mass is 333 g/mol. The molecular formula is C11H12BrNO4S. The molecule has 1 fully saturated rings. The summed E-state index contributed by atoms with van der Waals surface area (Å²) >= 11 is 4.68. The Balaban J connectivity index is 2.20. The van der Waals surface area contributed by atoms with E-state index < -0.39 is 12.0 Å². The Morgan fingerprint density at radius 2 is 2.33 bits per heavy atom. The van der Waals surface area contributed by atoms with E-state index in [9.17, 15) is 9.59 Å². The van der Waals surface area contributed by atoms with E-state index in [0.29, 0.717) is 18.5 Å². The van der Waals surface area contributed by atoms with Gasteiger partial charge in [-0.2, -0.15) is 0 Å². The molecule has 0 radical (unpaired) electrons. The van der Waals surface area contributed by atoms with E-state index in [2.05, 4.69) is 15.9 Å². The third kappa shape index (κ3) is 2.57. The molecule has 1 amide bonds. The van der Waals surface area contributed by atoms with Crippen molar-refractivity contribution >= 4 is 39.1 Å². The number of amides is 1. The number of carbonyl (C=O) groups is 2. The van der Waals surface area contributed by atoms with Crippen LogP contribution in [0.25, 0.3) is 0 Å². The number of hydrogen-bond donors (Lipinski definition) is 1. The maximum absolute atomic E-state index is 12.2. The highest BCUT2D eigenvalue weighted by atomic mass is 79.9. The Hall–Kier alpha value is -0.920. The average molecular weight is 334 g/mol. The molecule has 2 heterocycles. The molecule has 0 aromatic carbocycles. The summed E-state index contributed by atoms with van der Waals surface area (Å²) in [5.41, 5.74) is 0.509. The highest BCUT2D eigenvalue weighted by Crippen LogP contribution is 2.26. The fraction of sp³-hybridized carbons (Fsp3) is 0.455. The zero-order chi connectivity index (χ0) is 13.3. The van der Waals surface area contributed by atoms with E-state index in [0.717, 1.165) is 3.79 Å². The highest BCUT2D eigenvalue weighted by molar-refractivity contribution is 9.11. The molecule has 0 saturated carbocycles. The fourth-order valence-electron chi connectivity index (χ4n) is 2.01. The summed E-state index contributed by atoms with van der Waals surface area (Å²) in [6.07, 6.45) is 0.125. The van der Waals surface area contributed by atoms with E-state index in [-0.39, 0.29) is 12.0 Å². The van der Waals surface area contributed by atoms with Crippen molar-refractivity contribution in [3.8, 4) is 0 Å². The third-order valence-electron chi connectivity index (χ3n) is 2.96. The van der Waals surface area contributed by atoms with Crippen LogP contribution >= 0.6 is 27.3 Å². The number of rotatable bonds is 3. The normalized spacial score (nSPS) is 23.3. The minimum Gasteiger partial charge on any atom is -0.480 e. The van der Waals surface area contributed by atoms with Crippen molar-refractivity contribution in [3.05, 3.63) is 20.8 Å². The number of nitrogens with zero attached hydrogens (tertiary/aromatic N) is 1. The van der Waals surface area contributed by atoms with Crippen LogP contribution in [0.15, 0.2) is 15.2 Å². The van der Waals surface area contributed by atoms with Gasteiger partial charge in [-0.05, 0) is 22.0 Å². The molecular weight excluding hydrogens is 322 g/mol. The van der Waals surface area contributed by atoms with E-state index in [4.69, 9.17) is 9.84 Å². The van der Waals surface area contributed by atoms with Crippen molar-refractivity contribution < 1.29 is 19.4 Å². The molecule has 0 aliphatic carbocycles. The van der Waals surface area contributed by atoms with Crippen LogP contribution in [0.1, 0.15) is 16.8 Å². The van der Waals surface area contributed by atoms with Gasteiger partial charge >= 0.3 is 5.97 Å². The number of methoxy groups -OCH3 is 1. The number of aliphatic carboxylic acids is 1. The van der Waals surface area contributed by atoms with E-state index in [1.807, 2.05) is 0 Å². The van der Waals surface area contributed by atoms with Crippen molar-refractivity contribution in [2.24, 2.45) is 0 Å². The van der Waals surface area contributed by atoms with Crippen LogP contribution in [0.4, 0.5) is 0 Å². The van der Waals surface area contributed by atoms with Crippen molar-refractivity contribution in [2.75, 3.05) is 13.7 Å². The maximum atomic E-state index is 12.2. The number of likely N-dealkylation sites (tertiary alicyclic amines) is 1. The van der Waals surface area contributed by atoms with Crippen LogP contribution in [0.5, 0.6) is 0 Å². The van der Waals surface area contributed by atoms with Gasteiger partial charge in [0.05, 0.1) is 15.5 Å². The molecule has 18 heavy (non-hydrogen) atoms. The van der Waals surface area contributed by atoms with Gasteiger partial charge in [-0.3, -0.25) is 4.79 Å². The predicted molar refractivity (Wildman–Crippen MR) is 69.9 cm³/mol. The number of ether oxygens (including phenoxy) is 1. The first-order valence-corrected chi connectivity index (χ1v) is 7.00. The van der Waals surface area contributed by atoms with Crippen LogP contribution < -0.4 is 0 Å². The molecule has 5 nitrogen and oxygen atoms in total. The van der Waals surface area contributed by atoms with Crippen molar-refractivity contribution in [1.29, 1.82) is 0 Å². The second-order valence-corrected chi connectivity index (χ2v) is 6.33. The van der Waals surface area contributed by atoms with E-state index in [1.165, 1.54) is 23.3 Å². The Kier molecular flexibility index (Phi) is 4.04. The predicted octanol–water partition coefficient (Wildman–Crippen LogP) is 1.82. The summed E-state index contributed by atoms with van der Waals surface area (Å²) in [4.78, 5) is 24.8. The van der Waals surface area contributed by atoms with Gasteiger partial charge in [0.15, 0.2) is 0 Å². The van der Waals surface area contributed by atoms with Crippen LogP contribution in [-0.2, 0) is 9.53 Å². The number of hydrogen-bond acceptors (Lipinski definition) is 4. The molecule has 1 saturated heterocycles. The molecule has 1 N–H and O–H groups in total. The van der Waals surface area contributed by atoms with E-state index in [1.54, 1.807) is 11.4 Å². The van der Waals surface area contributed by atoms with Crippen LogP contribution in [0.3, 0.4) is 0 Å². The lowest BCUT2D eigenvalue weighted by molar-refractivity contribution is -0.141. The highest BCUT2D eigenvalue weighted by Gasteiger charge is 2.40. The number of carbonyl (C=O) groups excluding carboxylic acids is 1. The Morgan fingerprint density at radius 1 is 1.61 bits per heavy atom. The van der Waals surface area contributed by atoms with Crippen LogP contribution in [0.2, 0.25) is 0 Å². The van der Waals surface area contributed by atoms with Gasteiger partial charge in [0, 0.05) is 25.5 Å². The summed E-state index contributed by atoms with van der Waals surface area (Å²) in [7, 11) is 1.53. The number of carboxylic acids is 1. The molecule has 1 aliphatic heterocycles. The quantitative estimate of drug-likeness (QED) is 0.916. The second kappa shape index (κ2) is 5.38. The molecule has 0 bridgehead atoms. The first-order valence-electron chi connectivity index (χ1n) is 5.33. The lowest BCUT2D eigenvalue weighted by Gasteiger charge is -2.20. The number of thiophene rings is 1. The maximum Gasteiger partial charge on any atom is 0.326 e. The lowest BCUT2D eigenvalue weighted by atomic mass is 10.2. The zero-order valence-corrected chi connectivity index (χ0v) is 12.0. The first kappa shape index (κ1) is 13.5. The van der Waals surface area contributed by atoms with Crippen LogP contribution in [-0.4, -0.2) is 47.7 Å². The smallest absolute Gasteiger partial charge is 0.326 e. The summed E-state index contributed by atoms with van der Waals surface area (Å²) in [5.74, 6) is -1.25. The first-order chi connectivity index (χ1) is 8.52. The Morgan fingerprint density at radius 3 is 2.83 bits per heavy atom. The molecule has 1 aromatic rings. The SMILES string of the molecule is COC1CC(C(=O)O)N(C(=O)c2csc(Br)c2)C1. The Labute approximate surface area is 116 Å². The summed E-state index contributed by atoms with van der Waals surface area (Å²) in [5, 5.41) is 10.9. The van der Waals surface area contributed by atoms with Gasteiger partial charge < -0.3 is 14.7 Å². The molecule has 1 aromatic heterocycles. The van der Waals surface area contributed by atoms with Gasteiger partial charge in [-0.25, -0.2) is 4.79 Å². The zero-order valence-electron chi connectivity index (χ0n) is 9.63. The Bertz CT molecular complexity index is 475. The minimum absolute atomic E-state index is 0.211. The molecule has 2 atom stereocenters. The number of carboxylic acid groups (broad SMARTS) is 1. The average Bonchev–Trinajstić information content (AvgIpc) is 2.93. The van der Waals surface area contributed by atoms with Crippen molar-refractivity contribution in [1.82, 2.24) is 4.90 Å². The summed E-state index contributed by atoms with van der Waals surface area (Å²) in [6.45, 7) is 0.319. The summed E-state index contributed by atoms with van der Waals surface area (Å²) in [6, 6.07) is 0.896. The largest absolute Gasteiger partial charge is 0.480 e. The molecule has 98 valence electrons. The molecule has 2 unspecified atom stereocenters. The van der Waals surface area contributed by atoms with Crippen molar-refractivity contribution in [3.63, 3.8) is 0 Å². The minimum atomic E-state index is -0.989. The topological polar surface area (TPSA) is 66.8 Å². The molecule has 0 spiro atoms. The molecule has 7 heteroatoms. The third-order valence-corrected chi connectivity index (χ3v) is 4.46. The number of halogens is 1. The van der Waals surface area contributed by atoms with Crippen LogP contribution in [0, 0.1) is 0 Å². The fourth-order valence-corrected chi connectivity index (χ4v) is 3.15. The van der Waals surface area contributed by atoms with E-state index >= 15 is 0 Å². The van der Waals surface area contributed by atoms with Gasteiger partial charge in [0.1, 0.15) is 6.04 Å². The van der Waals surface area contributed by atoms with Gasteiger partial charge in [-0.1, -0.05) is 0 Å². The van der Waals surface area contributed by atoms with Crippen molar-refractivity contribution in [2.45, 2.75) is 18.6 Å². The second-order valence-electron chi connectivity index (χ2n) is 4.04. The lowest BCUT2D eigenvalue weighted by Crippen LogP contribution is -2.40. The molecule has 2 rings (SSSR count). The summed E-state index contributed by atoms with van der Waals surface area (Å²) < 4.78 is 6.00. The van der Waals surface area contributed by atoms with Gasteiger partial charge in [0.25, 0.3) is 5.91 Å². The van der Waals surface area contributed by atoms with Gasteiger partial charge in [-0.15, -0.1) is 11.3 Å². The van der Waals surface area contributed by atoms with Gasteiger partial charge in [0.2, 0.25) is 0 Å².